The highest BCUT2D eigenvalue weighted by atomic mass is 32.1. The normalized spacial score (nSPS) is 12.0. The third-order valence-corrected chi connectivity index (χ3v) is 4.48. The number of ether oxygens (including phenoxy) is 1. The van der Waals surface area contributed by atoms with Gasteiger partial charge in [0.2, 0.25) is 0 Å². The van der Waals surface area contributed by atoms with Crippen LogP contribution in [0.2, 0.25) is 0 Å². The topological polar surface area (TPSA) is 58.5 Å². The summed E-state index contributed by atoms with van der Waals surface area (Å²) in [5, 5.41) is 9.95. The van der Waals surface area contributed by atoms with E-state index in [4.69, 9.17) is 4.74 Å². The molecule has 24 heavy (non-hydrogen) atoms. The number of hydrogen-bond acceptors (Lipinski definition) is 4. The minimum absolute atomic E-state index is 0.699. The Kier molecular flexibility index (Phi) is 11.5. The summed E-state index contributed by atoms with van der Waals surface area (Å²) in [6.07, 6.45) is 4.39. The molecule has 138 valence electrons. The fourth-order valence-corrected chi connectivity index (χ4v) is 2.92. The molecule has 1 aromatic heterocycles. The Morgan fingerprint density at radius 2 is 2.12 bits per heavy atom. The maximum Gasteiger partial charge on any atom is 0.191 e. The molecule has 0 atom stereocenters. The number of aryl methyl sites for hydroxylation is 2. The largest absolute Gasteiger partial charge is 0.380 e. The van der Waals surface area contributed by atoms with Gasteiger partial charge in [0.15, 0.2) is 5.96 Å². The van der Waals surface area contributed by atoms with Crippen LogP contribution in [0.4, 0.5) is 0 Å². The summed E-state index contributed by atoms with van der Waals surface area (Å²) in [5.41, 5.74) is 1.13. The number of thiazole rings is 1. The van der Waals surface area contributed by atoms with Gasteiger partial charge in [0.1, 0.15) is 0 Å². The lowest BCUT2D eigenvalue weighted by molar-refractivity contribution is 0.128. The van der Waals surface area contributed by atoms with Crippen molar-refractivity contribution in [1.82, 2.24) is 15.6 Å². The van der Waals surface area contributed by atoms with E-state index in [0.717, 1.165) is 70.2 Å². The van der Waals surface area contributed by atoms with Crippen LogP contribution in [-0.2, 0) is 11.2 Å². The van der Waals surface area contributed by atoms with E-state index in [2.05, 4.69) is 46.8 Å². The summed E-state index contributed by atoms with van der Waals surface area (Å²) in [6.45, 7) is 12.6. The van der Waals surface area contributed by atoms with Crippen LogP contribution in [0.15, 0.2) is 10.4 Å². The number of hydrogen-bond donors (Lipinski definition) is 2. The van der Waals surface area contributed by atoms with Crippen molar-refractivity contribution in [2.24, 2.45) is 10.9 Å². The standard InChI is InChI=1S/C18H34N4OS/c1-5-19-18(21-11-13-23-12-9-15(2)3)20-10-7-6-8-17-22-16(4)14-24-17/h14-15H,5-13H2,1-4H3,(H2,19,20,21). The predicted molar refractivity (Wildman–Crippen MR) is 104 cm³/mol. The first-order valence-electron chi connectivity index (χ1n) is 9.12. The third kappa shape index (κ3) is 10.6. The van der Waals surface area contributed by atoms with Crippen LogP contribution in [-0.4, -0.2) is 43.8 Å². The van der Waals surface area contributed by atoms with Crippen LogP contribution in [0.1, 0.15) is 50.7 Å². The van der Waals surface area contributed by atoms with E-state index >= 15 is 0 Å². The fourth-order valence-electron chi connectivity index (χ4n) is 2.10. The summed E-state index contributed by atoms with van der Waals surface area (Å²) in [7, 11) is 0. The van der Waals surface area contributed by atoms with Crippen molar-refractivity contribution in [3.8, 4) is 0 Å². The molecule has 0 radical (unpaired) electrons. The number of aromatic nitrogens is 1. The molecule has 2 N–H and O–H groups in total. The summed E-state index contributed by atoms with van der Waals surface area (Å²) < 4.78 is 5.62. The quantitative estimate of drug-likeness (QED) is 0.343. The molecule has 0 saturated carbocycles. The number of aliphatic imine (C=N–C) groups is 1. The highest BCUT2D eigenvalue weighted by Gasteiger charge is 2.00. The van der Waals surface area contributed by atoms with Gasteiger partial charge >= 0.3 is 0 Å². The molecule has 0 bridgehead atoms. The zero-order chi connectivity index (χ0) is 17.6. The van der Waals surface area contributed by atoms with Crippen LogP contribution >= 0.6 is 11.3 Å². The van der Waals surface area contributed by atoms with E-state index in [0.29, 0.717) is 5.92 Å². The van der Waals surface area contributed by atoms with E-state index in [-0.39, 0.29) is 0 Å². The molecule has 6 heteroatoms. The van der Waals surface area contributed by atoms with Gasteiger partial charge in [-0.1, -0.05) is 13.8 Å². The Labute approximate surface area is 151 Å². The number of guanidine groups is 1. The molecule has 1 aromatic rings. The second-order valence-electron chi connectivity index (χ2n) is 6.32. The molecule has 0 aliphatic heterocycles. The van der Waals surface area contributed by atoms with Crippen LogP contribution < -0.4 is 10.6 Å². The minimum Gasteiger partial charge on any atom is -0.380 e. The van der Waals surface area contributed by atoms with Crippen molar-refractivity contribution in [2.75, 3.05) is 32.8 Å². The lowest BCUT2D eigenvalue weighted by Gasteiger charge is -2.12. The Morgan fingerprint density at radius 1 is 1.29 bits per heavy atom. The Balaban J connectivity index is 2.12. The number of nitrogens with one attached hydrogen (secondary N) is 2. The first-order valence-corrected chi connectivity index (χ1v) is 10.0. The molecule has 0 aliphatic rings. The van der Waals surface area contributed by atoms with Gasteiger partial charge in [-0.25, -0.2) is 4.98 Å². The summed E-state index contributed by atoms with van der Waals surface area (Å²) in [4.78, 5) is 9.11. The highest BCUT2D eigenvalue weighted by Crippen LogP contribution is 2.11. The SMILES string of the molecule is CCNC(=NCCCCc1nc(C)cs1)NCCOCCC(C)C. The van der Waals surface area contributed by atoms with Gasteiger partial charge < -0.3 is 15.4 Å². The number of rotatable bonds is 12. The van der Waals surface area contributed by atoms with Crippen molar-refractivity contribution in [2.45, 2.75) is 53.4 Å². The van der Waals surface area contributed by atoms with Gasteiger partial charge in [0.25, 0.3) is 0 Å². The second-order valence-corrected chi connectivity index (χ2v) is 7.26. The van der Waals surface area contributed by atoms with Crippen molar-refractivity contribution < 1.29 is 4.74 Å². The molecule has 1 rings (SSSR count). The lowest BCUT2D eigenvalue weighted by Crippen LogP contribution is -2.39. The molecule has 0 aromatic carbocycles. The van der Waals surface area contributed by atoms with Gasteiger partial charge in [-0.3, -0.25) is 4.99 Å². The zero-order valence-corrected chi connectivity index (χ0v) is 16.5. The molecular weight excluding hydrogens is 320 g/mol. The molecule has 0 fully saturated rings. The van der Waals surface area contributed by atoms with Crippen LogP contribution in [0, 0.1) is 12.8 Å². The average molecular weight is 355 g/mol. The van der Waals surface area contributed by atoms with Crippen LogP contribution in [0.3, 0.4) is 0 Å². The number of nitrogens with zero attached hydrogens (tertiary/aromatic N) is 2. The van der Waals surface area contributed by atoms with Gasteiger partial charge in [0.05, 0.1) is 11.6 Å². The van der Waals surface area contributed by atoms with Crippen molar-refractivity contribution in [3.63, 3.8) is 0 Å². The molecule has 5 nitrogen and oxygen atoms in total. The van der Waals surface area contributed by atoms with E-state index in [1.165, 1.54) is 5.01 Å². The van der Waals surface area contributed by atoms with Gasteiger partial charge in [0, 0.05) is 37.3 Å². The second kappa shape index (κ2) is 13.2. The Hall–Kier alpha value is -1.14. The molecular formula is C18H34N4OS. The Morgan fingerprint density at radius 3 is 2.79 bits per heavy atom. The summed E-state index contributed by atoms with van der Waals surface area (Å²) in [5.74, 6) is 1.58. The first kappa shape index (κ1) is 20.9. The maximum atomic E-state index is 5.62. The zero-order valence-electron chi connectivity index (χ0n) is 15.7. The van der Waals surface area contributed by atoms with Crippen LogP contribution in [0.5, 0.6) is 0 Å². The highest BCUT2D eigenvalue weighted by molar-refractivity contribution is 7.09. The van der Waals surface area contributed by atoms with E-state index in [9.17, 15) is 0 Å². The Bertz CT molecular complexity index is 460. The molecule has 0 spiro atoms. The molecule has 0 saturated heterocycles. The molecule has 0 aliphatic carbocycles. The summed E-state index contributed by atoms with van der Waals surface area (Å²) >= 11 is 1.76. The van der Waals surface area contributed by atoms with Crippen molar-refractivity contribution >= 4 is 17.3 Å². The van der Waals surface area contributed by atoms with Gasteiger partial charge in [-0.15, -0.1) is 11.3 Å². The van der Waals surface area contributed by atoms with E-state index in [1.807, 2.05) is 6.92 Å². The first-order chi connectivity index (χ1) is 11.6. The monoisotopic (exact) mass is 354 g/mol. The van der Waals surface area contributed by atoms with E-state index in [1.54, 1.807) is 11.3 Å². The predicted octanol–water partition coefficient (Wildman–Crippen LogP) is 3.39. The minimum atomic E-state index is 0.699. The van der Waals surface area contributed by atoms with Gasteiger partial charge in [-0.05, 0) is 45.4 Å². The molecule has 0 unspecified atom stereocenters. The maximum absolute atomic E-state index is 5.62. The summed E-state index contributed by atoms with van der Waals surface area (Å²) in [6, 6.07) is 0. The van der Waals surface area contributed by atoms with Gasteiger partial charge in [-0.2, -0.15) is 0 Å². The van der Waals surface area contributed by atoms with Crippen LogP contribution in [0.25, 0.3) is 0 Å². The molecule has 1 heterocycles. The number of unbranched alkanes of at least 4 members (excludes halogenated alkanes) is 1. The van der Waals surface area contributed by atoms with Crippen molar-refractivity contribution in [3.05, 3.63) is 16.1 Å². The smallest absolute Gasteiger partial charge is 0.191 e. The van der Waals surface area contributed by atoms with E-state index < -0.39 is 0 Å². The third-order valence-electron chi connectivity index (χ3n) is 3.46. The average Bonchev–Trinajstić information content (AvgIpc) is 2.95. The molecule has 0 amide bonds. The lowest BCUT2D eigenvalue weighted by atomic mass is 10.1. The van der Waals surface area contributed by atoms with Crippen molar-refractivity contribution in [1.29, 1.82) is 0 Å². The fraction of sp³-hybridized carbons (Fsp3) is 0.778.